The van der Waals surface area contributed by atoms with Gasteiger partial charge < -0.3 is 9.40 Å². The third-order valence-electron chi connectivity index (χ3n) is 3.89. The van der Waals surface area contributed by atoms with E-state index in [-0.39, 0.29) is 10.8 Å². The van der Waals surface area contributed by atoms with Crippen LogP contribution in [0.3, 0.4) is 0 Å². The molecule has 9 heteroatoms. The van der Waals surface area contributed by atoms with Gasteiger partial charge in [-0.3, -0.25) is 4.72 Å². The highest BCUT2D eigenvalue weighted by atomic mass is 35.5. The summed E-state index contributed by atoms with van der Waals surface area (Å²) in [6, 6.07) is 5.06. The van der Waals surface area contributed by atoms with Gasteiger partial charge in [-0.2, -0.15) is 0 Å². The lowest BCUT2D eigenvalue weighted by Gasteiger charge is -2.12. The van der Waals surface area contributed by atoms with E-state index in [1.54, 1.807) is 45.9 Å². The molecule has 0 amide bonds. The summed E-state index contributed by atoms with van der Waals surface area (Å²) >= 11 is 6.07. The van der Waals surface area contributed by atoms with Gasteiger partial charge in [0.15, 0.2) is 0 Å². The molecule has 2 aromatic heterocycles. The summed E-state index contributed by atoms with van der Waals surface area (Å²) in [6.45, 7) is 6.79. The van der Waals surface area contributed by atoms with Crippen molar-refractivity contribution in [2.75, 3.05) is 4.72 Å². The molecule has 0 atom stereocenters. The zero-order chi connectivity index (χ0) is 18.4. The normalized spacial score (nSPS) is 11.7. The van der Waals surface area contributed by atoms with Crippen molar-refractivity contribution in [3.63, 3.8) is 0 Å². The minimum atomic E-state index is -3.82. The Balaban J connectivity index is 2.06. The highest BCUT2D eigenvalue weighted by molar-refractivity contribution is 7.92. The first-order valence-corrected chi connectivity index (χ1v) is 9.34. The molecule has 0 radical (unpaired) electrons. The number of hydrogen-bond acceptors (Lipinski definition) is 5. The van der Waals surface area contributed by atoms with E-state index in [2.05, 4.69) is 19.9 Å². The molecule has 132 valence electrons. The quantitative estimate of drug-likeness (QED) is 0.717. The molecule has 25 heavy (non-hydrogen) atoms. The molecule has 7 nitrogen and oxygen atoms in total. The zero-order valence-corrected chi connectivity index (χ0v) is 15.7. The van der Waals surface area contributed by atoms with Crippen molar-refractivity contribution < 1.29 is 12.8 Å². The Bertz CT molecular complexity index is 1050. The first-order chi connectivity index (χ1) is 11.7. The molecular weight excluding hydrogens is 364 g/mol. The summed E-state index contributed by atoms with van der Waals surface area (Å²) in [5.41, 5.74) is 2.57. The third kappa shape index (κ3) is 3.14. The molecule has 1 aromatic carbocycles. The highest BCUT2D eigenvalue weighted by Crippen LogP contribution is 2.32. The molecule has 0 unspecified atom stereocenters. The van der Waals surface area contributed by atoms with Crippen LogP contribution in [-0.4, -0.2) is 23.6 Å². The number of nitrogens with zero attached hydrogens (tertiary/aromatic N) is 2. The van der Waals surface area contributed by atoms with Crippen molar-refractivity contribution in [2.24, 2.45) is 0 Å². The molecule has 0 bridgehead atoms. The Morgan fingerprint density at radius 3 is 2.48 bits per heavy atom. The number of aromatic amines is 1. The van der Waals surface area contributed by atoms with E-state index in [1.165, 1.54) is 0 Å². The van der Waals surface area contributed by atoms with Crippen molar-refractivity contribution in [3.8, 4) is 11.6 Å². The molecule has 0 aliphatic heterocycles. The van der Waals surface area contributed by atoms with Crippen LogP contribution in [0.4, 0.5) is 5.69 Å². The largest absolute Gasteiger partial charge is 0.420 e. The third-order valence-corrected chi connectivity index (χ3v) is 5.94. The molecule has 0 aliphatic rings. The van der Waals surface area contributed by atoms with Crippen LogP contribution < -0.4 is 4.72 Å². The molecule has 0 saturated heterocycles. The SMILES string of the molecule is Cc1nnc(-c2[nH]c(C)c(S(=O)(=O)Nc3cccc(Cl)c3C)c2C)o1. The predicted octanol–water partition coefficient (Wildman–Crippen LogP) is 3.75. The number of hydrogen-bond donors (Lipinski definition) is 2. The molecule has 2 heterocycles. The van der Waals surface area contributed by atoms with Gasteiger partial charge in [0.2, 0.25) is 5.89 Å². The minimum absolute atomic E-state index is 0.151. The van der Waals surface area contributed by atoms with Gasteiger partial charge in [0.05, 0.1) is 5.69 Å². The Hall–Kier alpha value is -2.32. The Labute approximate surface area is 150 Å². The van der Waals surface area contributed by atoms with Crippen LogP contribution in [0, 0.1) is 27.7 Å². The summed E-state index contributed by atoms with van der Waals surface area (Å²) in [6.07, 6.45) is 0. The maximum atomic E-state index is 12.9. The lowest BCUT2D eigenvalue weighted by Crippen LogP contribution is -2.15. The molecule has 3 aromatic rings. The van der Waals surface area contributed by atoms with Gasteiger partial charge in [0, 0.05) is 23.2 Å². The van der Waals surface area contributed by atoms with E-state index < -0.39 is 10.0 Å². The Morgan fingerprint density at radius 2 is 1.84 bits per heavy atom. The van der Waals surface area contributed by atoms with Crippen molar-refractivity contribution >= 4 is 27.3 Å². The fourth-order valence-corrected chi connectivity index (χ4v) is 4.41. The fourth-order valence-electron chi connectivity index (χ4n) is 2.66. The number of sulfonamides is 1. The average molecular weight is 381 g/mol. The average Bonchev–Trinajstić information content (AvgIpc) is 3.07. The second-order valence-electron chi connectivity index (χ2n) is 5.72. The van der Waals surface area contributed by atoms with Crippen molar-refractivity contribution in [1.82, 2.24) is 15.2 Å². The minimum Gasteiger partial charge on any atom is -0.420 e. The zero-order valence-electron chi connectivity index (χ0n) is 14.1. The van der Waals surface area contributed by atoms with Crippen molar-refractivity contribution in [3.05, 3.63) is 45.9 Å². The van der Waals surface area contributed by atoms with Gasteiger partial charge in [-0.1, -0.05) is 17.7 Å². The summed E-state index contributed by atoms with van der Waals surface area (Å²) < 4.78 is 33.8. The Kier molecular flexibility index (Phi) is 4.34. The van der Waals surface area contributed by atoms with Crippen LogP contribution in [0.5, 0.6) is 0 Å². The number of benzene rings is 1. The standard InChI is InChI=1S/C16H17ClN4O3S/c1-8-12(17)6-5-7-13(8)21-25(22,23)15-9(2)14(18-10(15)3)16-20-19-11(4)24-16/h5-7,18,21H,1-4H3. The van der Waals surface area contributed by atoms with Gasteiger partial charge in [0.1, 0.15) is 10.6 Å². The second-order valence-corrected chi connectivity index (χ2v) is 7.75. The van der Waals surface area contributed by atoms with Crippen LogP contribution in [0.15, 0.2) is 27.5 Å². The molecule has 2 N–H and O–H groups in total. The van der Waals surface area contributed by atoms with Crippen LogP contribution >= 0.6 is 11.6 Å². The number of halogens is 1. The number of nitrogens with one attached hydrogen (secondary N) is 2. The predicted molar refractivity (Wildman–Crippen MR) is 95.3 cm³/mol. The molecular formula is C16H17ClN4O3S. The summed E-state index contributed by atoms with van der Waals surface area (Å²) in [7, 11) is -3.82. The fraction of sp³-hybridized carbons (Fsp3) is 0.250. The van der Waals surface area contributed by atoms with Gasteiger partial charge in [-0.15, -0.1) is 10.2 Å². The van der Waals surface area contributed by atoms with Crippen LogP contribution in [-0.2, 0) is 10.0 Å². The van der Waals surface area contributed by atoms with Gasteiger partial charge >= 0.3 is 0 Å². The van der Waals surface area contributed by atoms with Gasteiger partial charge in [-0.25, -0.2) is 8.42 Å². The molecule has 0 spiro atoms. The molecule has 0 fully saturated rings. The van der Waals surface area contributed by atoms with E-state index in [9.17, 15) is 8.42 Å². The number of aromatic nitrogens is 3. The smallest absolute Gasteiger partial charge is 0.264 e. The highest BCUT2D eigenvalue weighted by Gasteiger charge is 2.27. The van der Waals surface area contributed by atoms with Crippen molar-refractivity contribution in [1.29, 1.82) is 0 Å². The van der Waals surface area contributed by atoms with E-state index in [0.29, 0.717) is 39.1 Å². The second kappa shape index (κ2) is 6.20. The number of rotatable bonds is 4. The van der Waals surface area contributed by atoms with E-state index in [1.807, 2.05) is 0 Å². The van der Waals surface area contributed by atoms with Crippen LogP contribution in [0.25, 0.3) is 11.6 Å². The summed E-state index contributed by atoms with van der Waals surface area (Å²) in [5, 5.41) is 8.21. The monoisotopic (exact) mass is 380 g/mol. The number of anilines is 1. The van der Waals surface area contributed by atoms with Gasteiger partial charge in [-0.05, 0) is 38.5 Å². The van der Waals surface area contributed by atoms with E-state index >= 15 is 0 Å². The molecule has 3 rings (SSSR count). The topological polar surface area (TPSA) is 101 Å². The molecule has 0 aliphatic carbocycles. The van der Waals surface area contributed by atoms with Crippen LogP contribution in [0.2, 0.25) is 5.02 Å². The first-order valence-electron chi connectivity index (χ1n) is 7.48. The van der Waals surface area contributed by atoms with Gasteiger partial charge in [0.25, 0.3) is 15.9 Å². The van der Waals surface area contributed by atoms with E-state index in [4.69, 9.17) is 16.0 Å². The summed E-state index contributed by atoms with van der Waals surface area (Å²) in [5.74, 6) is 0.650. The number of aryl methyl sites for hydroxylation is 2. The van der Waals surface area contributed by atoms with E-state index in [0.717, 1.165) is 0 Å². The van der Waals surface area contributed by atoms with Crippen molar-refractivity contribution in [2.45, 2.75) is 32.6 Å². The maximum absolute atomic E-state index is 12.9. The lowest BCUT2D eigenvalue weighted by atomic mass is 10.2. The first kappa shape index (κ1) is 17.5. The van der Waals surface area contributed by atoms with Crippen LogP contribution in [0.1, 0.15) is 22.7 Å². The summed E-state index contributed by atoms with van der Waals surface area (Å²) in [4.78, 5) is 3.17. The maximum Gasteiger partial charge on any atom is 0.264 e. The molecule has 0 saturated carbocycles. The lowest BCUT2D eigenvalue weighted by molar-refractivity contribution is 0.531. The Morgan fingerprint density at radius 1 is 1.12 bits per heavy atom. The number of H-pyrrole nitrogens is 1.